The number of likely N-dealkylation sites (N-methyl/N-ethyl adjacent to an activating group) is 1. The third-order valence-electron chi connectivity index (χ3n) is 9.78. The second-order valence-electron chi connectivity index (χ2n) is 11.7. The molecule has 1 unspecified atom stereocenters. The van der Waals surface area contributed by atoms with E-state index in [1.54, 1.807) is 30.7 Å². The van der Waals surface area contributed by atoms with Crippen molar-refractivity contribution in [2.45, 2.75) is 67.7 Å². The van der Waals surface area contributed by atoms with Crippen molar-refractivity contribution < 1.29 is 28.6 Å². The van der Waals surface area contributed by atoms with Crippen molar-refractivity contribution in [2.24, 2.45) is 5.92 Å². The van der Waals surface area contributed by atoms with Crippen LogP contribution in [0.1, 0.15) is 48.8 Å². The summed E-state index contributed by atoms with van der Waals surface area (Å²) >= 11 is 0. The Hall–Kier alpha value is -2.77. The van der Waals surface area contributed by atoms with Gasteiger partial charge in [-0.15, -0.1) is 0 Å². The average Bonchev–Trinajstić information content (AvgIpc) is 3.33. The molecule has 7 heteroatoms. The second-order valence-corrected chi connectivity index (χ2v) is 11.7. The zero-order chi connectivity index (χ0) is 24.0. The maximum absolute atomic E-state index is 12.9. The van der Waals surface area contributed by atoms with E-state index in [2.05, 4.69) is 12.4 Å². The molecule has 1 spiro atoms. The molecule has 5 aliphatic rings. The molecular formula is C28H33N2O5+. The Labute approximate surface area is 205 Å². The summed E-state index contributed by atoms with van der Waals surface area (Å²) in [7, 11) is 2.33. The summed E-state index contributed by atoms with van der Waals surface area (Å²) in [6.07, 6.45) is 11.4. The Kier molecular flexibility index (Phi) is 4.39. The summed E-state index contributed by atoms with van der Waals surface area (Å²) < 4.78 is 12.5. The SMILES string of the molecule is C[N+]1(CC2CC2)CC[C@]23c4c5ccc(O)c4O[C@H]2[C@H](NC(=O)C=Cc2ccoc2)CC[C@@]3(O)[C@H]1C5. The highest BCUT2D eigenvalue weighted by molar-refractivity contribution is 5.92. The summed E-state index contributed by atoms with van der Waals surface area (Å²) in [5, 5.41) is 26.6. The Morgan fingerprint density at radius 2 is 2.11 bits per heavy atom. The number of carbonyl (C=O) groups is 1. The Morgan fingerprint density at radius 1 is 1.26 bits per heavy atom. The summed E-state index contributed by atoms with van der Waals surface area (Å²) in [5.41, 5.74) is 1.45. The normalized spacial score (nSPS) is 38.7. The van der Waals surface area contributed by atoms with Crippen LogP contribution in [-0.4, -0.2) is 64.5 Å². The number of amides is 1. The van der Waals surface area contributed by atoms with Crippen LogP contribution in [-0.2, 0) is 16.6 Å². The topological polar surface area (TPSA) is 91.9 Å². The Balaban J connectivity index is 1.27. The molecule has 2 aromatic rings. The van der Waals surface area contributed by atoms with E-state index in [9.17, 15) is 15.0 Å². The fourth-order valence-electron chi connectivity index (χ4n) is 8.08. The lowest BCUT2D eigenvalue weighted by Crippen LogP contribution is -2.82. The first-order valence-electron chi connectivity index (χ1n) is 12.9. The number of quaternary nitrogens is 1. The smallest absolute Gasteiger partial charge is 0.244 e. The van der Waals surface area contributed by atoms with Crippen molar-refractivity contribution in [1.29, 1.82) is 0 Å². The number of phenolic OH excluding ortho intramolecular Hbond substituents is 1. The number of phenols is 1. The molecule has 3 heterocycles. The Bertz CT molecular complexity index is 1220. The van der Waals surface area contributed by atoms with Gasteiger partial charge in [-0.3, -0.25) is 4.79 Å². The van der Waals surface area contributed by atoms with Crippen LogP contribution in [0.4, 0.5) is 0 Å². The first-order chi connectivity index (χ1) is 16.8. The molecule has 2 saturated carbocycles. The number of nitrogens with zero attached hydrogens (tertiary/aromatic N) is 1. The third-order valence-corrected chi connectivity index (χ3v) is 9.78. The minimum Gasteiger partial charge on any atom is -0.504 e. The monoisotopic (exact) mass is 477 g/mol. The highest BCUT2D eigenvalue weighted by atomic mass is 16.5. The molecule has 1 saturated heterocycles. The molecule has 0 radical (unpaired) electrons. The fourth-order valence-corrected chi connectivity index (χ4v) is 8.08. The van der Waals surface area contributed by atoms with Gasteiger partial charge in [0.1, 0.15) is 17.7 Å². The number of hydrogen-bond donors (Lipinski definition) is 3. The van der Waals surface area contributed by atoms with Gasteiger partial charge < -0.3 is 29.2 Å². The van der Waals surface area contributed by atoms with E-state index in [0.29, 0.717) is 18.6 Å². The third kappa shape index (κ3) is 2.88. The van der Waals surface area contributed by atoms with Crippen molar-refractivity contribution >= 4 is 12.0 Å². The minimum absolute atomic E-state index is 0.0866. The van der Waals surface area contributed by atoms with Gasteiger partial charge in [0.25, 0.3) is 0 Å². The first kappa shape index (κ1) is 21.5. The van der Waals surface area contributed by atoms with Crippen molar-refractivity contribution in [1.82, 2.24) is 5.32 Å². The van der Waals surface area contributed by atoms with Crippen LogP contribution in [0.5, 0.6) is 11.5 Å². The molecule has 6 atom stereocenters. The van der Waals surface area contributed by atoms with Crippen molar-refractivity contribution in [3.63, 3.8) is 0 Å². The molecule has 1 aromatic heterocycles. The number of rotatable bonds is 5. The van der Waals surface area contributed by atoms with Crippen molar-refractivity contribution in [2.75, 3.05) is 20.1 Å². The molecule has 3 aliphatic carbocycles. The summed E-state index contributed by atoms with van der Waals surface area (Å²) in [4.78, 5) is 12.9. The highest BCUT2D eigenvalue weighted by Crippen LogP contribution is 2.66. The number of furan rings is 1. The fraction of sp³-hybridized carbons (Fsp3) is 0.536. The van der Waals surface area contributed by atoms with E-state index in [4.69, 9.17) is 9.15 Å². The predicted octanol–water partition coefficient (Wildman–Crippen LogP) is 2.89. The maximum Gasteiger partial charge on any atom is 0.244 e. The van der Waals surface area contributed by atoms with Gasteiger partial charge in [0.15, 0.2) is 11.5 Å². The lowest BCUT2D eigenvalue weighted by Gasteiger charge is -2.65. The summed E-state index contributed by atoms with van der Waals surface area (Å²) in [6.45, 7) is 2.09. The lowest BCUT2D eigenvalue weighted by atomic mass is 9.48. The van der Waals surface area contributed by atoms with E-state index in [1.807, 2.05) is 6.07 Å². The molecule has 35 heavy (non-hydrogen) atoms. The van der Waals surface area contributed by atoms with Crippen LogP contribution in [0, 0.1) is 5.92 Å². The molecule has 2 bridgehead atoms. The van der Waals surface area contributed by atoms with Crippen LogP contribution in [0.25, 0.3) is 6.08 Å². The largest absolute Gasteiger partial charge is 0.504 e. The van der Waals surface area contributed by atoms with Gasteiger partial charge in [0.05, 0.1) is 44.1 Å². The minimum atomic E-state index is -0.931. The summed E-state index contributed by atoms with van der Waals surface area (Å²) in [6, 6.07) is 5.39. The molecule has 3 fully saturated rings. The zero-order valence-corrected chi connectivity index (χ0v) is 20.1. The molecule has 1 amide bonds. The van der Waals surface area contributed by atoms with Crippen LogP contribution in [0.3, 0.4) is 0 Å². The van der Waals surface area contributed by atoms with Gasteiger partial charge in [-0.05, 0) is 49.5 Å². The van der Waals surface area contributed by atoms with Gasteiger partial charge in [0, 0.05) is 36.0 Å². The molecule has 184 valence electrons. The number of aliphatic hydroxyl groups is 1. The molecule has 7 rings (SSSR count). The van der Waals surface area contributed by atoms with E-state index in [-0.39, 0.29) is 23.7 Å². The molecular weight excluding hydrogens is 444 g/mol. The van der Waals surface area contributed by atoms with Crippen LogP contribution in [0.2, 0.25) is 0 Å². The van der Waals surface area contributed by atoms with E-state index < -0.39 is 17.1 Å². The van der Waals surface area contributed by atoms with Gasteiger partial charge in [-0.25, -0.2) is 0 Å². The van der Waals surface area contributed by atoms with E-state index >= 15 is 0 Å². The van der Waals surface area contributed by atoms with Crippen molar-refractivity contribution in [3.8, 4) is 11.5 Å². The second kappa shape index (κ2) is 7.14. The maximum atomic E-state index is 12.9. The van der Waals surface area contributed by atoms with Gasteiger partial charge >= 0.3 is 0 Å². The summed E-state index contributed by atoms with van der Waals surface area (Å²) in [5.74, 6) is 1.21. The van der Waals surface area contributed by atoms with Crippen LogP contribution >= 0.6 is 0 Å². The molecule has 7 nitrogen and oxygen atoms in total. The molecule has 2 aliphatic heterocycles. The number of piperidine rings is 1. The predicted molar refractivity (Wildman–Crippen MR) is 129 cm³/mol. The Morgan fingerprint density at radius 3 is 2.89 bits per heavy atom. The van der Waals surface area contributed by atoms with Gasteiger partial charge in [0.2, 0.25) is 5.91 Å². The van der Waals surface area contributed by atoms with E-state index in [0.717, 1.165) is 47.5 Å². The average molecular weight is 478 g/mol. The number of ether oxygens (including phenoxy) is 1. The number of benzene rings is 1. The van der Waals surface area contributed by atoms with Gasteiger partial charge in [-0.2, -0.15) is 0 Å². The highest BCUT2D eigenvalue weighted by Gasteiger charge is 2.76. The van der Waals surface area contributed by atoms with Gasteiger partial charge in [-0.1, -0.05) is 6.07 Å². The van der Waals surface area contributed by atoms with Crippen LogP contribution in [0.15, 0.2) is 41.2 Å². The lowest BCUT2D eigenvalue weighted by molar-refractivity contribution is -0.950. The zero-order valence-electron chi connectivity index (χ0n) is 20.1. The number of carbonyl (C=O) groups excluding carboxylic acids is 1. The van der Waals surface area contributed by atoms with Crippen LogP contribution < -0.4 is 10.1 Å². The number of hydrogen-bond acceptors (Lipinski definition) is 5. The molecule has 3 N–H and O–H groups in total. The number of nitrogens with one attached hydrogen (secondary N) is 1. The van der Waals surface area contributed by atoms with Crippen molar-refractivity contribution in [3.05, 3.63) is 53.5 Å². The number of likely N-dealkylation sites (tertiary alicyclic amines) is 1. The molecule has 1 aromatic carbocycles. The quantitative estimate of drug-likeness (QED) is 0.455. The first-order valence-corrected chi connectivity index (χ1v) is 12.9. The van der Waals surface area contributed by atoms with E-state index in [1.165, 1.54) is 24.5 Å². The standard InChI is InChI=1S/C28H32N2O5/c1-30(15-17-2-3-17)12-11-27-24-19-5-6-21(31)25(24)35-26(27)20(8-10-28(27,33)22(30)14-19)29-23(32)7-4-18-9-13-34-16-18/h4-7,9,13,16-17,20,22,26,33H,2-3,8,10-12,14-15H2,1H3,(H-,29,31,32)/p+1/t20-,22-,26+,27+,28-,30?/m1/s1. The number of aromatic hydroxyl groups is 1.